The molecular weight excluding hydrogens is 302 g/mol. The van der Waals surface area contributed by atoms with Gasteiger partial charge in [-0.3, -0.25) is 4.68 Å². The summed E-state index contributed by atoms with van der Waals surface area (Å²) < 4.78 is 2.09. The largest absolute Gasteiger partial charge is 0.250 e. The second-order valence-electron chi connectivity index (χ2n) is 5.85. The lowest BCUT2D eigenvalue weighted by Gasteiger charge is -2.33. The minimum atomic E-state index is 0.660. The quantitative estimate of drug-likeness (QED) is 0.732. The topological polar surface area (TPSA) is 30.7 Å². The molecule has 1 aliphatic carbocycles. The van der Waals surface area contributed by atoms with Crippen molar-refractivity contribution in [3.8, 4) is 0 Å². The van der Waals surface area contributed by atoms with Gasteiger partial charge in [-0.15, -0.1) is 0 Å². The molecule has 19 heavy (non-hydrogen) atoms. The van der Waals surface area contributed by atoms with Crippen LogP contribution in [0.4, 0.5) is 0 Å². The molecule has 4 heteroatoms. The van der Waals surface area contributed by atoms with Crippen molar-refractivity contribution < 1.29 is 0 Å². The van der Waals surface area contributed by atoms with E-state index >= 15 is 0 Å². The van der Waals surface area contributed by atoms with Gasteiger partial charge in [0.15, 0.2) is 0 Å². The monoisotopic (exact) mass is 327 g/mol. The van der Waals surface area contributed by atoms with E-state index < -0.39 is 0 Å². The first kappa shape index (κ1) is 15.0. The zero-order valence-corrected chi connectivity index (χ0v) is 13.8. The maximum Gasteiger partial charge on any atom is 0.138 e. The fourth-order valence-electron chi connectivity index (χ4n) is 3.29. The van der Waals surface area contributed by atoms with Gasteiger partial charge in [0.25, 0.3) is 0 Å². The summed E-state index contributed by atoms with van der Waals surface area (Å²) in [5.41, 5.74) is 0. The standard InChI is InChI=1S/C15H26BrN3/c1-3-5-12-6-7-14(16)13(9-12)10-15-17-11-18-19(15)8-4-2/h11-14H,3-10H2,1-2H3. The number of hydrogen-bond donors (Lipinski definition) is 0. The summed E-state index contributed by atoms with van der Waals surface area (Å²) in [6.07, 6.45) is 10.7. The molecule has 0 aromatic carbocycles. The van der Waals surface area contributed by atoms with Crippen molar-refractivity contribution >= 4 is 15.9 Å². The Bertz CT molecular complexity index is 377. The van der Waals surface area contributed by atoms with Crippen LogP contribution >= 0.6 is 15.9 Å². The molecule has 2 rings (SSSR count). The van der Waals surface area contributed by atoms with E-state index in [1.54, 1.807) is 6.33 Å². The third-order valence-corrected chi connectivity index (χ3v) is 5.48. The smallest absolute Gasteiger partial charge is 0.138 e. The van der Waals surface area contributed by atoms with Crippen LogP contribution in [0.2, 0.25) is 0 Å². The Hall–Kier alpha value is -0.380. The summed E-state index contributed by atoms with van der Waals surface area (Å²) in [6.45, 7) is 5.48. The van der Waals surface area contributed by atoms with Gasteiger partial charge in [0, 0.05) is 17.8 Å². The van der Waals surface area contributed by atoms with Gasteiger partial charge in [-0.25, -0.2) is 4.98 Å². The first-order valence-electron chi connectivity index (χ1n) is 7.75. The van der Waals surface area contributed by atoms with Crippen LogP contribution in [0.5, 0.6) is 0 Å². The Balaban J connectivity index is 1.97. The highest BCUT2D eigenvalue weighted by Crippen LogP contribution is 2.37. The average Bonchev–Trinajstić information content (AvgIpc) is 2.82. The molecule has 0 spiro atoms. The third-order valence-electron chi connectivity index (χ3n) is 4.27. The van der Waals surface area contributed by atoms with Crippen molar-refractivity contribution in [3.63, 3.8) is 0 Å². The van der Waals surface area contributed by atoms with Crippen molar-refractivity contribution in [1.29, 1.82) is 0 Å². The van der Waals surface area contributed by atoms with E-state index in [0.717, 1.165) is 31.2 Å². The zero-order valence-electron chi connectivity index (χ0n) is 12.2. The van der Waals surface area contributed by atoms with Gasteiger partial charge in [-0.1, -0.05) is 42.6 Å². The normalized spacial score (nSPS) is 27.6. The Kier molecular flexibility index (Phi) is 5.86. The molecule has 0 aliphatic heterocycles. The number of halogens is 1. The zero-order chi connectivity index (χ0) is 13.7. The minimum Gasteiger partial charge on any atom is -0.250 e. The average molecular weight is 328 g/mol. The van der Waals surface area contributed by atoms with Crippen molar-refractivity contribution in [1.82, 2.24) is 14.8 Å². The molecule has 108 valence electrons. The fraction of sp³-hybridized carbons (Fsp3) is 0.867. The van der Waals surface area contributed by atoms with Gasteiger partial charge in [-0.05, 0) is 37.5 Å². The Morgan fingerprint density at radius 3 is 2.89 bits per heavy atom. The Morgan fingerprint density at radius 1 is 1.32 bits per heavy atom. The highest BCUT2D eigenvalue weighted by atomic mass is 79.9. The molecule has 1 fully saturated rings. The molecule has 0 radical (unpaired) electrons. The summed E-state index contributed by atoms with van der Waals surface area (Å²) in [5.74, 6) is 2.82. The van der Waals surface area contributed by atoms with Crippen LogP contribution in [-0.2, 0) is 13.0 Å². The van der Waals surface area contributed by atoms with Crippen LogP contribution in [0.1, 0.15) is 58.2 Å². The lowest BCUT2D eigenvalue weighted by atomic mass is 9.78. The maximum atomic E-state index is 4.47. The SMILES string of the molecule is CCCC1CCC(Br)C(Cc2ncnn2CCC)C1. The van der Waals surface area contributed by atoms with E-state index in [-0.39, 0.29) is 0 Å². The van der Waals surface area contributed by atoms with Crippen LogP contribution in [0, 0.1) is 11.8 Å². The number of alkyl halides is 1. The summed E-state index contributed by atoms with van der Waals surface area (Å²) in [5, 5.41) is 4.34. The van der Waals surface area contributed by atoms with Crippen LogP contribution < -0.4 is 0 Å². The predicted molar refractivity (Wildman–Crippen MR) is 82.5 cm³/mol. The lowest BCUT2D eigenvalue weighted by molar-refractivity contribution is 0.258. The van der Waals surface area contributed by atoms with E-state index in [2.05, 4.69) is 44.5 Å². The summed E-state index contributed by atoms with van der Waals surface area (Å²) in [6, 6.07) is 0. The maximum absolute atomic E-state index is 4.47. The van der Waals surface area contributed by atoms with Crippen LogP contribution in [0.3, 0.4) is 0 Å². The van der Waals surface area contributed by atoms with E-state index in [1.807, 2.05) is 0 Å². The number of rotatable bonds is 6. The molecule has 0 amide bonds. The van der Waals surface area contributed by atoms with Crippen molar-refractivity contribution in [2.45, 2.75) is 70.2 Å². The molecule has 1 aromatic heterocycles. The van der Waals surface area contributed by atoms with E-state index in [9.17, 15) is 0 Å². The minimum absolute atomic E-state index is 0.660. The molecule has 1 heterocycles. The highest BCUT2D eigenvalue weighted by molar-refractivity contribution is 9.09. The lowest BCUT2D eigenvalue weighted by Crippen LogP contribution is -2.28. The molecule has 0 bridgehead atoms. The van der Waals surface area contributed by atoms with Crippen molar-refractivity contribution in [2.75, 3.05) is 0 Å². The number of aromatic nitrogens is 3. The van der Waals surface area contributed by atoms with Crippen LogP contribution in [0.15, 0.2) is 6.33 Å². The van der Waals surface area contributed by atoms with Gasteiger partial charge in [0.1, 0.15) is 12.2 Å². The molecular formula is C15H26BrN3. The van der Waals surface area contributed by atoms with Gasteiger partial charge in [0.2, 0.25) is 0 Å². The van der Waals surface area contributed by atoms with E-state index in [0.29, 0.717) is 4.83 Å². The molecule has 3 nitrogen and oxygen atoms in total. The van der Waals surface area contributed by atoms with Gasteiger partial charge in [-0.2, -0.15) is 5.10 Å². The molecule has 3 unspecified atom stereocenters. The summed E-state index contributed by atoms with van der Waals surface area (Å²) >= 11 is 3.89. The Morgan fingerprint density at radius 2 is 2.16 bits per heavy atom. The molecule has 1 saturated carbocycles. The number of hydrogen-bond acceptors (Lipinski definition) is 2. The van der Waals surface area contributed by atoms with Gasteiger partial charge >= 0.3 is 0 Å². The first-order valence-corrected chi connectivity index (χ1v) is 8.66. The van der Waals surface area contributed by atoms with E-state index in [1.165, 1.54) is 37.9 Å². The van der Waals surface area contributed by atoms with Gasteiger partial charge in [0.05, 0.1) is 0 Å². The second kappa shape index (κ2) is 7.41. The van der Waals surface area contributed by atoms with Crippen LogP contribution in [0.25, 0.3) is 0 Å². The number of nitrogens with zero attached hydrogens (tertiary/aromatic N) is 3. The van der Waals surface area contributed by atoms with Crippen molar-refractivity contribution in [2.24, 2.45) is 11.8 Å². The van der Waals surface area contributed by atoms with Crippen molar-refractivity contribution in [3.05, 3.63) is 12.2 Å². The molecule has 3 atom stereocenters. The van der Waals surface area contributed by atoms with Gasteiger partial charge < -0.3 is 0 Å². The molecule has 0 N–H and O–H groups in total. The molecule has 1 aromatic rings. The van der Waals surface area contributed by atoms with Crippen LogP contribution in [-0.4, -0.2) is 19.6 Å². The third kappa shape index (κ3) is 4.04. The van der Waals surface area contributed by atoms with E-state index in [4.69, 9.17) is 0 Å². The predicted octanol–water partition coefficient (Wildman–Crippen LogP) is 4.21. The highest BCUT2D eigenvalue weighted by Gasteiger charge is 2.29. The second-order valence-corrected chi connectivity index (χ2v) is 7.02. The number of aryl methyl sites for hydroxylation is 1. The molecule has 1 aliphatic rings. The summed E-state index contributed by atoms with van der Waals surface area (Å²) in [7, 11) is 0. The first-order chi connectivity index (χ1) is 9.24. The molecule has 0 saturated heterocycles. The summed E-state index contributed by atoms with van der Waals surface area (Å²) in [4.78, 5) is 5.13. The Labute approximate surface area is 125 Å². The fourth-order valence-corrected chi connectivity index (χ4v) is 3.95.